The minimum Gasteiger partial charge on any atom is -0.349 e. The van der Waals surface area contributed by atoms with Gasteiger partial charge in [0.2, 0.25) is 5.95 Å². The van der Waals surface area contributed by atoms with Crippen LogP contribution in [-0.4, -0.2) is 39.0 Å². The number of Topliss-reactive ketones (excluding diaryl/α,β-unsaturated/α-hetero) is 1. The SMILES string of the molecule is O=C1CCCN(c2cc(-c3ccccc3Cl)nc(Nc3n[nH]c4ccc(F)cc34)n2)C1. The summed E-state index contributed by atoms with van der Waals surface area (Å²) in [6, 6.07) is 13.6. The molecule has 9 heteroatoms. The lowest BCUT2D eigenvalue weighted by molar-refractivity contribution is -0.118. The van der Waals surface area contributed by atoms with Gasteiger partial charge in [0.1, 0.15) is 11.6 Å². The lowest BCUT2D eigenvalue weighted by Crippen LogP contribution is -2.36. The van der Waals surface area contributed by atoms with E-state index >= 15 is 0 Å². The number of halogens is 2. The predicted molar refractivity (Wildman–Crippen MR) is 118 cm³/mol. The highest BCUT2D eigenvalue weighted by atomic mass is 35.5. The van der Waals surface area contributed by atoms with E-state index in [1.807, 2.05) is 29.2 Å². The number of aromatic amines is 1. The van der Waals surface area contributed by atoms with Gasteiger partial charge in [-0.25, -0.2) is 9.37 Å². The Bertz CT molecular complexity index is 1290. The Kier molecular flexibility index (Phi) is 4.99. The number of ketones is 1. The summed E-state index contributed by atoms with van der Waals surface area (Å²) in [6.45, 7) is 1.02. The Morgan fingerprint density at radius 3 is 2.84 bits per heavy atom. The number of piperidine rings is 1. The summed E-state index contributed by atoms with van der Waals surface area (Å²) in [5.41, 5.74) is 2.05. The molecule has 7 nitrogen and oxygen atoms in total. The Hall–Kier alpha value is -3.52. The molecule has 2 N–H and O–H groups in total. The van der Waals surface area contributed by atoms with E-state index in [9.17, 15) is 9.18 Å². The summed E-state index contributed by atoms with van der Waals surface area (Å²) in [4.78, 5) is 23.2. The highest BCUT2D eigenvalue weighted by Crippen LogP contribution is 2.31. The number of nitrogens with one attached hydrogen (secondary N) is 2. The van der Waals surface area contributed by atoms with Crippen LogP contribution in [0, 0.1) is 5.82 Å². The molecule has 1 aliphatic rings. The molecule has 1 aliphatic heterocycles. The number of hydrogen-bond donors (Lipinski definition) is 2. The van der Waals surface area contributed by atoms with Crippen molar-refractivity contribution in [2.45, 2.75) is 12.8 Å². The molecule has 0 bridgehead atoms. The van der Waals surface area contributed by atoms with Gasteiger partial charge in [-0.3, -0.25) is 9.89 Å². The Morgan fingerprint density at radius 1 is 1.13 bits per heavy atom. The van der Waals surface area contributed by atoms with Crippen molar-refractivity contribution in [1.82, 2.24) is 20.2 Å². The monoisotopic (exact) mass is 436 g/mol. The second kappa shape index (κ2) is 7.96. The van der Waals surface area contributed by atoms with Crippen molar-refractivity contribution >= 4 is 45.9 Å². The second-order valence-corrected chi connectivity index (χ2v) is 7.77. The number of nitrogens with zero attached hydrogens (tertiary/aromatic N) is 4. The molecule has 2 aromatic heterocycles. The molecule has 0 amide bonds. The standard InChI is InChI=1S/C22H18ClFN6O/c23-17-6-2-1-5-15(17)19-11-20(30-9-3-4-14(31)12-30)26-22(25-19)27-21-16-10-13(24)7-8-18(16)28-29-21/h1-2,5-8,10-11H,3-4,9,12H2,(H2,25,26,27,28,29). The van der Waals surface area contributed by atoms with Crippen molar-refractivity contribution in [1.29, 1.82) is 0 Å². The number of rotatable bonds is 4. The largest absolute Gasteiger partial charge is 0.349 e. The Labute approximate surface area is 182 Å². The molecule has 0 radical (unpaired) electrons. The lowest BCUT2D eigenvalue weighted by atomic mass is 10.1. The maximum absolute atomic E-state index is 13.8. The van der Waals surface area contributed by atoms with Crippen LogP contribution in [0.2, 0.25) is 5.02 Å². The zero-order valence-electron chi connectivity index (χ0n) is 16.4. The minimum atomic E-state index is -0.366. The molecule has 0 saturated carbocycles. The molecular weight excluding hydrogens is 419 g/mol. The Morgan fingerprint density at radius 2 is 2.00 bits per heavy atom. The average molecular weight is 437 g/mol. The van der Waals surface area contributed by atoms with Crippen LogP contribution in [0.3, 0.4) is 0 Å². The molecule has 0 atom stereocenters. The maximum Gasteiger partial charge on any atom is 0.230 e. The van der Waals surface area contributed by atoms with Crippen LogP contribution >= 0.6 is 11.6 Å². The number of aromatic nitrogens is 4. The van der Waals surface area contributed by atoms with Crippen LogP contribution in [0.4, 0.5) is 22.0 Å². The van der Waals surface area contributed by atoms with Gasteiger partial charge in [0.05, 0.1) is 17.8 Å². The van der Waals surface area contributed by atoms with Crippen molar-refractivity contribution in [3.05, 3.63) is 59.4 Å². The summed E-state index contributed by atoms with van der Waals surface area (Å²) in [5.74, 6) is 1.11. The normalized spacial score (nSPS) is 14.3. The highest BCUT2D eigenvalue weighted by Gasteiger charge is 2.21. The van der Waals surface area contributed by atoms with Crippen LogP contribution in [0.15, 0.2) is 48.5 Å². The van der Waals surface area contributed by atoms with Gasteiger partial charge in [-0.2, -0.15) is 10.1 Å². The first-order chi connectivity index (χ1) is 15.1. The van der Waals surface area contributed by atoms with Crippen LogP contribution in [0.25, 0.3) is 22.2 Å². The van der Waals surface area contributed by atoms with Crippen LogP contribution in [0.5, 0.6) is 0 Å². The van der Waals surface area contributed by atoms with Gasteiger partial charge in [-0.15, -0.1) is 0 Å². The van der Waals surface area contributed by atoms with E-state index in [1.54, 1.807) is 12.1 Å². The molecular formula is C22H18ClFN6O. The van der Waals surface area contributed by atoms with E-state index in [0.717, 1.165) is 18.5 Å². The first-order valence-electron chi connectivity index (χ1n) is 9.88. The molecule has 4 aromatic rings. The molecule has 1 saturated heterocycles. The molecule has 156 valence electrons. The number of carbonyl (C=O) groups is 1. The summed E-state index contributed by atoms with van der Waals surface area (Å²) >= 11 is 6.40. The molecule has 5 rings (SSSR count). The van der Waals surface area contributed by atoms with Gasteiger partial charge in [-0.1, -0.05) is 29.8 Å². The van der Waals surface area contributed by atoms with Crippen LogP contribution in [0.1, 0.15) is 12.8 Å². The van der Waals surface area contributed by atoms with E-state index in [-0.39, 0.29) is 17.5 Å². The van der Waals surface area contributed by atoms with Crippen LogP contribution < -0.4 is 10.2 Å². The van der Waals surface area contributed by atoms with Gasteiger partial charge in [0.25, 0.3) is 0 Å². The van der Waals surface area contributed by atoms with Gasteiger partial charge >= 0.3 is 0 Å². The quantitative estimate of drug-likeness (QED) is 0.481. The molecule has 1 fully saturated rings. The zero-order valence-corrected chi connectivity index (χ0v) is 17.2. The van der Waals surface area contributed by atoms with Gasteiger partial charge in [0.15, 0.2) is 11.6 Å². The van der Waals surface area contributed by atoms with Crippen molar-refractivity contribution in [2.75, 3.05) is 23.3 Å². The summed E-state index contributed by atoms with van der Waals surface area (Å²) < 4.78 is 13.8. The third-order valence-corrected chi connectivity index (χ3v) is 5.52. The van der Waals surface area contributed by atoms with Crippen molar-refractivity contribution in [3.8, 4) is 11.3 Å². The molecule has 31 heavy (non-hydrogen) atoms. The third kappa shape index (κ3) is 3.94. The van der Waals surface area contributed by atoms with E-state index in [0.29, 0.717) is 46.2 Å². The second-order valence-electron chi connectivity index (χ2n) is 7.37. The Balaban J connectivity index is 1.59. The molecule has 0 spiro atoms. The van der Waals surface area contributed by atoms with Gasteiger partial charge in [0, 0.05) is 35.0 Å². The number of H-pyrrole nitrogens is 1. The van der Waals surface area contributed by atoms with E-state index < -0.39 is 0 Å². The van der Waals surface area contributed by atoms with Crippen molar-refractivity contribution < 1.29 is 9.18 Å². The van der Waals surface area contributed by atoms with Gasteiger partial charge in [-0.05, 0) is 30.7 Å². The highest BCUT2D eigenvalue weighted by molar-refractivity contribution is 6.33. The molecule has 3 heterocycles. The maximum atomic E-state index is 13.8. The van der Waals surface area contributed by atoms with Gasteiger partial charge < -0.3 is 10.2 Å². The summed E-state index contributed by atoms with van der Waals surface area (Å²) in [6.07, 6.45) is 1.35. The fourth-order valence-electron chi connectivity index (χ4n) is 3.68. The van der Waals surface area contributed by atoms with Crippen LogP contribution in [-0.2, 0) is 4.79 Å². The lowest BCUT2D eigenvalue weighted by Gasteiger charge is -2.27. The minimum absolute atomic E-state index is 0.174. The molecule has 0 unspecified atom stereocenters. The summed E-state index contributed by atoms with van der Waals surface area (Å²) in [5, 5.41) is 11.3. The number of carbonyl (C=O) groups excluding carboxylic acids is 1. The first kappa shape index (κ1) is 19.4. The topological polar surface area (TPSA) is 86.8 Å². The van der Waals surface area contributed by atoms with E-state index in [1.165, 1.54) is 12.1 Å². The predicted octanol–water partition coefficient (Wildman–Crippen LogP) is 4.73. The fraction of sp³-hybridized carbons (Fsp3) is 0.182. The summed E-state index contributed by atoms with van der Waals surface area (Å²) in [7, 11) is 0. The third-order valence-electron chi connectivity index (χ3n) is 5.19. The first-order valence-corrected chi connectivity index (χ1v) is 10.3. The smallest absolute Gasteiger partial charge is 0.230 e. The average Bonchev–Trinajstić information content (AvgIpc) is 3.15. The van der Waals surface area contributed by atoms with E-state index in [4.69, 9.17) is 11.6 Å². The zero-order chi connectivity index (χ0) is 21.4. The number of fused-ring (bicyclic) bond motifs is 1. The number of benzene rings is 2. The van der Waals surface area contributed by atoms with Crippen molar-refractivity contribution in [2.24, 2.45) is 0 Å². The molecule has 2 aromatic carbocycles. The fourth-order valence-corrected chi connectivity index (χ4v) is 3.91. The number of hydrogen-bond acceptors (Lipinski definition) is 6. The number of anilines is 3. The van der Waals surface area contributed by atoms with E-state index in [2.05, 4.69) is 25.5 Å². The van der Waals surface area contributed by atoms with Crippen molar-refractivity contribution in [3.63, 3.8) is 0 Å². The molecule has 0 aliphatic carbocycles.